The maximum atomic E-state index is 11.4. The fourth-order valence-corrected chi connectivity index (χ4v) is 2.24. The molecule has 0 spiro atoms. The number of amides is 2. The molecule has 0 aliphatic carbocycles. The summed E-state index contributed by atoms with van der Waals surface area (Å²) in [6.45, 7) is 0.613. The van der Waals surface area contributed by atoms with Crippen LogP contribution in [0.4, 0.5) is 11.4 Å². The lowest BCUT2D eigenvalue weighted by molar-refractivity contribution is -0.132. The molecule has 6 heteroatoms. The van der Waals surface area contributed by atoms with E-state index >= 15 is 0 Å². The minimum atomic E-state index is -0.518. The van der Waals surface area contributed by atoms with Crippen molar-refractivity contribution in [1.82, 2.24) is 4.90 Å². The van der Waals surface area contributed by atoms with Crippen LogP contribution in [-0.2, 0) is 4.79 Å². The molecule has 0 radical (unpaired) electrons. The van der Waals surface area contributed by atoms with E-state index in [0.717, 1.165) is 6.42 Å². The predicted octanol–water partition coefficient (Wildman–Crippen LogP) is 0.400. The van der Waals surface area contributed by atoms with Gasteiger partial charge in [0.25, 0.3) is 5.91 Å². The highest BCUT2D eigenvalue weighted by molar-refractivity contribution is 5.99. The van der Waals surface area contributed by atoms with Crippen molar-refractivity contribution in [3.63, 3.8) is 0 Å². The van der Waals surface area contributed by atoms with Crippen molar-refractivity contribution >= 4 is 23.2 Å². The number of nitrogens with one attached hydrogen (secondary N) is 1. The van der Waals surface area contributed by atoms with Gasteiger partial charge in [-0.15, -0.1) is 0 Å². The number of likely N-dealkylation sites (tertiary alicyclic amines) is 1. The molecule has 1 saturated heterocycles. The summed E-state index contributed by atoms with van der Waals surface area (Å²) in [5.41, 5.74) is 12.5. The van der Waals surface area contributed by atoms with Crippen LogP contribution in [-0.4, -0.2) is 36.3 Å². The largest absolute Gasteiger partial charge is 0.399 e. The second kappa shape index (κ2) is 5.17. The summed E-state index contributed by atoms with van der Waals surface area (Å²) >= 11 is 0. The van der Waals surface area contributed by atoms with Gasteiger partial charge < -0.3 is 21.7 Å². The Bertz CT molecular complexity index is 515. The summed E-state index contributed by atoms with van der Waals surface area (Å²) in [5.74, 6) is -0.375. The molecule has 1 unspecified atom stereocenters. The van der Waals surface area contributed by atoms with Crippen LogP contribution in [0.5, 0.6) is 0 Å². The number of likely N-dealkylation sites (N-methyl/N-ethyl adjacent to an activating group) is 1. The molecule has 1 aliphatic heterocycles. The third kappa shape index (κ3) is 2.96. The van der Waals surface area contributed by atoms with Crippen LogP contribution in [0.15, 0.2) is 18.2 Å². The van der Waals surface area contributed by atoms with E-state index < -0.39 is 5.91 Å². The van der Waals surface area contributed by atoms with Gasteiger partial charge in [0.05, 0.1) is 5.56 Å². The van der Waals surface area contributed by atoms with E-state index in [9.17, 15) is 9.59 Å². The number of piperidine rings is 1. The molecule has 2 rings (SSSR count). The first kappa shape index (κ1) is 13.2. The van der Waals surface area contributed by atoms with Gasteiger partial charge in [-0.3, -0.25) is 9.59 Å². The SMILES string of the molecule is CN1CC(Nc2ccc(N)cc2C(N)=O)CCC1=O. The molecule has 5 N–H and O–H groups in total. The Hall–Kier alpha value is -2.24. The Morgan fingerprint density at radius 1 is 1.47 bits per heavy atom. The van der Waals surface area contributed by atoms with Crippen molar-refractivity contribution in [2.45, 2.75) is 18.9 Å². The van der Waals surface area contributed by atoms with Crippen molar-refractivity contribution in [3.05, 3.63) is 23.8 Å². The van der Waals surface area contributed by atoms with Crippen molar-refractivity contribution in [2.24, 2.45) is 5.73 Å². The molecular formula is C13H18N4O2. The van der Waals surface area contributed by atoms with Crippen LogP contribution in [0.2, 0.25) is 0 Å². The summed E-state index contributed by atoms with van der Waals surface area (Å²) in [6.07, 6.45) is 1.25. The number of hydrogen-bond donors (Lipinski definition) is 3. The van der Waals surface area contributed by atoms with E-state index in [4.69, 9.17) is 11.5 Å². The topological polar surface area (TPSA) is 101 Å². The fraction of sp³-hybridized carbons (Fsp3) is 0.385. The monoisotopic (exact) mass is 262 g/mol. The maximum Gasteiger partial charge on any atom is 0.250 e. The Kier molecular flexibility index (Phi) is 3.59. The van der Waals surface area contributed by atoms with Gasteiger partial charge in [-0.25, -0.2) is 0 Å². The molecule has 0 saturated carbocycles. The van der Waals surface area contributed by atoms with Crippen LogP contribution in [0.1, 0.15) is 23.2 Å². The molecule has 0 bridgehead atoms. The Balaban J connectivity index is 2.15. The first-order valence-electron chi connectivity index (χ1n) is 6.17. The summed E-state index contributed by atoms with van der Waals surface area (Å²) in [6, 6.07) is 5.13. The van der Waals surface area contributed by atoms with Gasteiger partial charge >= 0.3 is 0 Å². The van der Waals surface area contributed by atoms with E-state index in [0.29, 0.717) is 29.9 Å². The van der Waals surface area contributed by atoms with Gasteiger partial charge in [0.15, 0.2) is 0 Å². The van der Waals surface area contributed by atoms with Crippen LogP contribution >= 0.6 is 0 Å². The minimum Gasteiger partial charge on any atom is -0.399 e. The predicted molar refractivity (Wildman–Crippen MR) is 73.7 cm³/mol. The zero-order valence-electron chi connectivity index (χ0n) is 10.8. The molecule has 1 aromatic carbocycles. The second-order valence-corrected chi connectivity index (χ2v) is 4.82. The van der Waals surface area contributed by atoms with Gasteiger partial charge in [0.2, 0.25) is 5.91 Å². The number of hydrogen-bond acceptors (Lipinski definition) is 4. The normalized spacial score (nSPS) is 19.3. The van der Waals surface area contributed by atoms with Crippen molar-refractivity contribution < 1.29 is 9.59 Å². The average molecular weight is 262 g/mol. The molecule has 19 heavy (non-hydrogen) atoms. The number of carbonyl (C=O) groups is 2. The number of rotatable bonds is 3. The van der Waals surface area contributed by atoms with E-state index in [-0.39, 0.29) is 11.9 Å². The van der Waals surface area contributed by atoms with Gasteiger partial charge in [-0.2, -0.15) is 0 Å². The number of nitrogen functional groups attached to an aromatic ring is 1. The quantitative estimate of drug-likeness (QED) is 0.686. The Labute approximate surface area is 111 Å². The fourth-order valence-electron chi connectivity index (χ4n) is 2.24. The highest BCUT2D eigenvalue weighted by Crippen LogP contribution is 2.22. The van der Waals surface area contributed by atoms with Gasteiger partial charge in [0.1, 0.15) is 0 Å². The van der Waals surface area contributed by atoms with Crippen molar-refractivity contribution in [1.29, 1.82) is 0 Å². The van der Waals surface area contributed by atoms with Crippen molar-refractivity contribution in [2.75, 3.05) is 24.6 Å². The molecule has 1 aliphatic rings. The van der Waals surface area contributed by atoms with Crippen molar-refractivity contribution in [3.8, 4) is 0 Å². The lowest BCUT2D eigenvalue weighted by atomic mass is 10.0. The Morgan fingerprint density at radius 3 is 2.84 bits per heavy atom. The van der Waals surface area contributed by atoms with Crippen LogP contribution in [0.25, 0.3) is 0 Å². The number of primary amides is 1. The van der Waals surface area contributed by atoms with E-state index in [1.54, 1.807) is 30.1 Å². The number of nitrogens with two attached hydrogens (primary N) is 2. The molecule has 1 heterocycles. The number of nitrogens with zero attached hydrogens (tertiary/aromatic N) is 1. The molecule has 6 nitrogen and oxygen atoms in total. The number of anilines is 2. The third-order valence-corrected chi connectivity index (χ3v) is 3.30. The molecule has 2 amide bonds. The lowest BCUT2D eigenvalue weighted by Gasteiger charge is -2.31. The standard InChI is InChI=1S/C13H18N4O2/c1-17-7-9(3-5-12(17)18)16-11-4-2-8(14)6-10(11)13(15)19/h2,4,6,9,16H,3,5,7,14H2,1H3,(H2,15,19). The number of carbonyl (C=O) groups excluding carboxylic acids is 2. The maximum absolute atomic E-state index is 11.4. The van der Waals surface area contributed by atoms with E-state index in [2.05, 4.69) is 5.32 Å². The highest BCUT2D eigenvalue weighted by Gasteiger charge is 2.23. The van der Waals surface area contributed by atoms with Gasteiger partial charge in [0, 0.05) is 37.4 Å². The third-order valence-electron chi connectivity index (χ3n) is 3.30. The minimum absolute atomic E-state index is 0.115. The summed E-state index contributed by atoms with van der Waals surface area (Å²) in [5, 5.41) is 3.26. The summed E-state index contributed by atoms with van der Waals surface area (Å²) in [4.78, 5) is 24.5. The number of benzene rings is 1. The van der Waals surface area contributed by atoms with Crippen LogP contribution in [0.3, 0.4) is 0 Å². The Morgan fingerprint density at radius 2 is 2.21 bits per heavy atom. The van der Waals surface area contributed by atoms with Gasteiger partial charge in [-0.05, 0) is 24.6 Å². The molecule has 1 atom stereocenters. The molecule has 1 fully saturated rings. The van der Waals surface area contributed by atoms with E-state index in [1.165, 1.54) is 0 Å². The summed E-state index contributed by atoms with van der Waals surface area (Å²) in [7, 11) is 1.77. The first-order valence-corrected chi connectivity index (χ1v) is 6.17. The second-order valence-electron chi connectivity index (χ2n) is 4.82. The van der Waals surface area contributed by atoms with Gasteiger partial charge in [-0.1, -0.05) is 0 Å². The molecule has 0 aromatic heterocycles. The summed E-state index contributed by atoms with van der Waals surface area (Å²) < 4.78 is 0. The zero-order chi connectivity index (χ0) is 14.0. The molecule has 102 valence electrons. The highest BCUT2D eigenvalue weighted by atomic mass is 16.2. The lowest BCUT2D eigenvalue weighted by Crippen LogP contribution is -2.43. The van der Waals surface area contributed by atoms with Crippen LogP contribution < -0.4 is 16.8 Å². The smallest absolute Gasteiger partial charge is 0.250 e. The van der Waals surface area contributed by atoms with Crippen LogP contribution in [0, 0.1) is 0 Å². The average Bonchev–Trinajstić information content (AvgIpc) is 2.36. The zero-order valence-corrected chi connectivity index (χ0v) is 10.8. The first-order chi connectivity index (χ1) is 8.97. The molecular weight excluding hydrogens is 244 g/mol. The van der Waals surface area contributed by atoms with E-state index in [1.807, 2.05) is 0 Å². The molecule has 1 aromatic rings.